The van der Waals surface area contributed by atoms with Crippen LogP contribution in [0.3, 0.4) is 0 Å². The standard InChI is InChI=1S/C22H34N4O4/c1-25(22(28)17-9-12-29-13-10-17)11-8-19-23-21(30-24-19)18-14-26(15-18)20(27)7-6-16-4-2-3-5-16/h16-18H,2-15H2,1H3. The SMILES string of the molecule is CN(CCc1noc(C2CN(C(=O)CCC3CCCC3)C2)n1)C(=O)C1CCOCC1. The van der Waals surface area contributed by atoms with Gasteiger partial charge in [0.1, 0.15) is 0 Å². The van der Waals surface area contributed by atoms with Crippen molar-refractivity contribution in [1.82, 2.24) is 19.9 Å². The zero-order valence-corrected chi connectivity index (χ0v) is 18.1. The number of hydrogen-bond acceptors (Lipinski definition) is 6. The van der Waals surface area contributed by atoms with Crippen LogP contribution < -0.4 is 0 Å². The fourth-order valence-corrected chi connectivity index (χ4v) is 4.79. The molecule has 8 nitrogen and oxygen atoms in total. The van der Waals surface area contributed by atoms with Crippen molar-refractivity contribution in [1.29, 1.82) is 0 Å². The molecule has 30 heavy (non-hydrogen) atoms. The van der Waals surface area contributed by atoms with E-state index in [-0.39, 0.29) is 23.7 Å². The average molecular weight is 419 g/mol. The van der Waals surface area contributed by atoms with E-state index in [2.05, 4.69) is 10.1 Å². The fraction of sp³-hybridized carbons (Fsp3) is 0.818. The summed E-state index contributed by atoms with van der Waals surface area (Å²) in [5.74, 6) is 2.63. The van der Waals surface area contributed by atoms with Gasteiger partial charge in [-0.15, -0.1) is 0 Å². The van der Waals surface area contributed by atoms with E-state index in [0.29, 0.717) is 57.4 Å². The quantitative estimate of drug-likeness (QED) is 0.644. The van der Waals surface area contributed by atoms with Crippen LogP contribution in [0.4, 0.5) is 0 Å². The van der Waals surface area contributed by atoms with Crippen LogP contribution in [0.2, 0.25) is 0 Å². The molecule has 0 aromatic carbocycles. The molecular weight excluding hydrogens is 384 g/mol. The van der Waals surface area contributed by atoms with Gasteiger partial charge in [-0.2, -0.15) is 4.98 Å². The predicted molar refractivity (Wildman–Crippen MR) is 110 cm³/mol. The lowest BCUT2D eigenvalue weighted by Gasteiger charge is -2.37. The molecule has 3 heterocycles. The number of ether oxygens (including phenoxy) is 1. The number of aromatic nitrogens is 2. The Morgan fingerprint density at radius 1 is 1.13 bits per heavy atom. The molecule has 0 N–H and O–H groups in total. The predicted octanol–water partition coefficient (Wildman–Crippen LogP) is 2.39. The molecular formula is C22H34N4O4. The van der Waals surface area contributed by atoms with E-state index in [1.807, 2.05) is 11.9 Å². The van der Waals surface area contributed by atoms with E-state index in [1.54, 1.807) is 4.90 Å². The molecule has 0 atom stereocenters. The van der Waals surface area contributed by atoms with Crippen molar-refractivity contribution in [2.45, 2.75) is 63.7 Å². The second-order valence-electron chi connectivity index (χ2n) is 9.13. The Balaban J connectivity index is 1.16. The van der Waals surface area contributed by atoms with Crippen molar-refractivity contribution < 1.29 is 18.8 Å². The number of amides is 2. The van der Waals surface area contributed by atoms with Gasteiger partial charge in [0.25, 0.3) is 0 Å². The fourth-order valence-electron chi connectivity index (χ4n) is 4.79. The number of likely N-dealkylation sites (N-methyl/N-ethyl adjacent to an activating group) is 1. The highest BCUT2D eigenvalue weighted by atomic mass is 16.5. The van der Waals surface area contributed by atoms with E-state index in [9.17, 15) is 9.59 Å². The molecule has 4 rings (SSSR count). The lowest BCUT2D eigenvalue weighted by atomic mass is 9.97. The minimum absolute atomic E-state index is 0.0664. The Kier molecular flexibility index (Phi) is 7.02. The molecule has 3 aliphatic rings. The topological polar surface area (TPSA) is 88.8 Å². The van der Waals surface area contributed by atoms with E-state index in [0.717, 1.165) is 25.2 Å². The van der Waals surface area contributed by atoms with Gasteiger partial charge in [-0.3, -0.25) is 9.59 Å². The normalized spacial score (nSPS) is 21.0. The van der Waals surface area contributed by atoms with Gasteiger partial charge >= 0.3 is 0 Å². The monoisotopic (exact) mass is 418 g/mol. The van der Waals surface area contributed by atoms with E-state index in [1.165, 1.54) is 25.7 Å². The summed E-state index contributed by atoms with van der Waals surface area (Å²) in [5.41, 5.74) is 0. The summed E-state index contributed by atoms with van der Waals surface area (Å²) < 4.78 is 10.8. The number of hydrogen-bond donors (Lipinski definition) is 0. The second-order valence-corrected chi connectivity index (χ2v) is 9.13. The van der Waals surface area contributed by atoms with Crippen molar-refractivity contribution in [3.63, 3.8) is 0 Å². The van der Waals surface area contributed by atoms with E-state index < -0.39 is 0 Å². The Bertz CT molecular complexity index is 718. The first-order valence-electron chi connectivity index (χ1n) is 11.5. The summed E-state index contributed by atoms with van der Waals surface area (Å²) in [5, 5.41) is 4.07. The molecule has 0 bridgehead atoms. The lowest BCUT2D eigenvalue weighted by molar-refractivity contribution is -0.137. The summed E-state index contributed by atoms with van der Waals surface area (Å²) >= 11 is 0. The van der Waals surface area contributed by atoms with Gasteiger partial charge in [0.2, 0.25) is 17.7 Å². The van der Waals surface area contributed by atoms with Crippen LogP contribution in [0, 0.1) is 11.8 Å². The molecule has 0 radical (unpaired) electrons. The number of carbonyl (C=O) groups excluding carboxylic acids is 2. The van der Waals surface area contributed by atoms with E-state index in [4.69, 9.17) is 9.26 Å². The summed E-state index contributed by atoms with van der Waals surface area (Å²) in [6.07, 6.45) is 9.09. The van der Waals surface area contributed by atoms with Crippen molar-refractivity contribution in [2.24, 2.45) is 11.8 Å². The first kappa shape index (κ1) is 21.3. The summed E-state index contributed by atoms with van der Waals surface area (Å²) in [6.45, 7) is 3.26. The Hall–Kier alpha value is -1.96. The largest absolute Gasteiger partial charge is 0.381 e. The van der Waals surface area contributed by atoms with Crippen molar-refractivity contribution in [3.05, 3.63) is 11.7 Å². The second kappa shape index (κ2) is 9.90. The van der Waals surface area contributed by atoms with Crippen molar-refractivity contribution in [3.8, 4) is 0 Å². The third-order valence-corrected chi connectivity index (χ3v) is 6.93. The maximum atomic E-state index is 12.5. The number of rotatable bonds is 8. The summed E-state index contributed by atoms with van der Waals surface area (Å²) in [6, 6.07) is 0. The molecule has 0 spiro atoms. The van der Waals surface area contributed by atoms with Gasteiger partial charge in [0.05, 0.1) is 5.92 Å². The third kappa shape index (κ3) is 5.20. The molecule has 1 saturated carbocycles. The van der Waals surface area contributed by atoms with Crippen molar-refractivity contribution >= 4 is 11.8 Å². The third-order valence-electron chi connectivity index (χ3n) is 6.93. The molecule has 1 aromatic rings. The highest BCUT2D eigenvalue weighted by molar-refractivity contribution is 5.78. The molecule has 1 aromatic heterocycles. The molecule has 2 amide bonds. The highest BCUT2D eigenvalue weighted by Crippen LogP contribution is 2.31. The number of carbonyl (C=O) groups is 2. The van der Waals surface area contributed by atoms with Gasteiger partial charge < -0.3 is 19.1 Å². The number of nitrogens with zero attached hydrogens (tertiary/aromatic N) is 4. The molecule has 2 saturated heterocycles. The average Bonchev–Trinajstić information content (AvgIpc) is 3.42. The molecule has 1 aliphatic carbocycles. The van der Waals surface area contributed by atoms with Crippen LogP contribution in [-0.4, -0.2) is 71.7 Å². The molecule has 8 heteroatoms. The van der Waals surface area contributed by atoms with Crippen LogP contribution in [-0.2, 0) is 20.7 Å². The van der Waals surface area contributed by atoms with Gasteiger partial charge in [-0.25, -0.2) is 0 Å². The van der Waals surface area contributed by atoms with Gasteiger partial charge in [0.15, 0.2) is 5.82 Å². The van der Waals surface area contributed by atoms with Gasteiger partial charge in [-0.05, 0) is 25.2 Å². The van der Waals surface area contributed by atoms with Crippen LogP contribution in [0.1, 0.15) is 69.0 Å². The van der Waals surface area contributed by atoms with E-state index >= 15 is 0 Å². The zero-order valence-electron chi connectivity index (χ0n) is 18.1. The molecule has 3 fully saturated rings. The molecule has 2 aliphatic heterocycles. The highest BCUT2D eigenvalue weighted by Gasteiger charge is 2.35. The summed E-state index contributed by atoms with van der Waals surface area (Å²) in [4.78, 5) is 33.0. The Morgan fingerprint density at radius 3 is 2.60 bits per heavy atom. The van der Waals surface area contributed by atoms with Crippen LogP contribution in [0.15, 0.2) is 4.52 Å². The first-order chi connectivity index (χ1) is 14.6. The van der Waals surface area contributed by atoms with Gasteiger partial charge in [-0.1, -0.05) is 30.8 Å². The summed E-state index contributed by atoms with van der Waals surface area (Å²) in [7, 11) is 1.83. The zero-order chi connectivity index (χ0) is 20.9. The van der Waals surface area contributed by atoms with Crippen molar-refractivity contribution in [2.75, 3.05) is 39.9 Å². The van der Waals surface area contributed by atoms with Gasteiger partial charge in [0, 0.05) is 58.7 Å². The van der Waals surface area contributed by atoms with Crippen LogP contribution in [0.5, 0.6) is 0 Å². The maximum Gasteiger partial charge on any atom is 0.233 e. The Morgan fingerprint density at radius 2 is 1.87 bits per heavy atom. The molecule has 166 valence electrons. The van der Waals surface area contributed by atoms with Crippen LogP contribution >= 0.6 is 0 Å². The maximum absolute atomic E-state index is 12.5. The minimum Gasteiger partial charge on any atom is -0.381 e. The number of likely N-dealkylation sites (tertiary alicyclic amines) is 1. The smallest absolute Gasteiger partial charge is 0.233 e. The first-order valence-corrected chi connectivity index (χ1v) is 11.5. The lowest BCUT2D eigenvalue weighted by Crippen LogP contribution is -2.48. The minimum atomic E-state index is 0.0664. The molecule has 0 unspecified atom stereocenters. The van der Waals surface area contributed by atoms with Crippen LogP contribution in [0.25, 0.3) is 0 Å². The Labute approximate surface area is 178 Å².